The van der Waals surface area contributed by atoms with Gasteiger partial charge in [0.25, 0.3) is 0 Å². The van der Waals surface area contributed by atoms with Crippen LogP contribution in [0, 0.1) is 0 Å². The molecule has 0 aliphatic carbocycles. The van der Waals surface area contributed by atoms with Crippen LogP contribution in [-0.4, -0.2) is 41.5 Å². The summed E-state index contributed by atoms with van der Waals surface area (Å²) >= 11 is 2.08. The Hall–Kier alpha value is -1.10. The molecule has 1 aliphatic heterocycles. The number of hydrogen-bond donors (Lipinski definition) is 1. The zero-order chi connectivity index (χ0) is 13.5. The summed E-state index contributed by atoms with van der Waals surface area (Å²) < 4.78 is 5.33. The third kappa shape index (κ3) is 4.20. The van der Waals surface area contributed by atoms with Crippen LogP contribution in [-0.2, 0) is 6.54 Å². The number of aliphatic imine (C=N–C) groups is 1. The van der Waals surface area contributed by atoms with Crippen molar-refractivity contribution in [3.63, 3.8) is 0 Å². The van der Waals surface area contributed by atoms with Crippen molar-refractivity contribution in [3.05, 3.63) is 24.2 Å². The second-order valence-electron chi connectivity index (χ2n) is 4.60. The molecule has 1 aromatic heterocycles. The zero-order valence-corrected chi connectivity index (χ0v) is 12.6. The lowest BCUT2D eigenvalue weighted by molar-refractivity contribution is 0.406. The van der Waals surface area contributed by atoms with Gasteiger partial charge in [-0.3, -0.25) is 0 Å². The zero-order valence-electron chi connectivity index (χ0n) is 11.8. The van der Waals surface area contributed by atoms with E-state index in [1.165, 1.54) is 12.2 Å². The molecular weight excluding hydrogens is 258 g/mol. The summed E-state index contributed by atoms with van der Waals surface area (Å²) in [5, 5.41) is 4.11. The standard InChI is InChI=1S/C14H23N3OS/c1-3-13-11-17(7-9-19-13)14(15-4-2)16-10-12-6-5-8-18-12/h5-6,8,13H,3-4,7,9-11H2,1-2H3,(H,15,16). The molecule has 0 saturated carbocycles. The van der Waals surface area contributed by atoms with Crippen molar-refractivity contribution in [1.29, 1.82) is 0 Å². The molecule has 1 aromatic rings. The van der Waals surface area contributed by atoms with Gasteiger partial charge in [0.15, 0.2) is 5.96 Å². The average Bonchev–Trinajstić information content (AvgIpc) is 2.97. The summed E-state index contributed by atoms with van der Waals surface area (Å²) in [7, 11) is 0. The molecule has 2 rings (SSSR count). The van der Waals surface area contributed by atoms with Crippen LogP contribution in [0.15, 0.2) is 27.8 Å². The number of rotatable bonds is 4. The predicted molar refractivity (Wildman–Crippen MR) is 81.6 cm³/mol. The Labute approximate surface area is 119 Å². The maximum absolute atomic E-state index is 5.33. The maximum atomic E-state index is 5.33. The molecule has 1 saturated heterocycles. The van der Waals surface area contributed by atoms with E-state index >= 15 is 0 Å². The number of hydrogen-bond acceptors (Lipinski definition) is 3. The highest BCUT2D eigenvalue weighted by Crippen LogP contribution is 2.21. The van der Waals surface area contributed by atoms with Gasteiger partial charge in [-0.2, -0.15) is 11.8 Å². The second kappa shape index (κ2) is 7.48. The van der Waals surface area contributed by atoms with Crippen LogP contribution >= 0.6 is 11.8 Å². The number of nitrogens with zero attached hydrogens (tertiary/aromatic N) is 2. The van der Waals surface area contributed by atoms with Gasteiger partial charge in [0.05, 0.1) is 6.26 Å². The molecule has 1 unspecified atom stereocenters. The highest BCUT2D eigenvalue weighted by Gasteiger charge is 2.21. The highest BCUT2D eigenvalue weighted by molar-refractivity contribution is 8.00. The van der Waals surface area contributed by atoms with Crippen molar-refractivity contribution in [1.82, 2.24) is 10.2 Å². The number of guanidine groups is 1. The summed E-state index contributed by atoms with van der Waals surface area (Å²) in [6.07, 6.45) is 2.92. The Morgan fingerprint density at radius 2 is 2.47 bits per heavy atom. The van der Waals surface area contributed by atoms with Gasteiger partial charge in [-0.25, -0.2) is 4.99 Å². The maximum Gasteiger partial charge on any atom is 0.194 e. The van der Waals surface area contributed by atoms with Crippen molar-refractivity contribution < 1.29 is 4.42 Å². The lowest BCUT2D eigenvalue weighted by Crippen LogP contribution is -2.47. The van der Waals surface area contributed by atoms with Crippen molar-refractivity contribution in [2.75, 3.05) is 25.4 Å². The second-order valence-corrected chi connectivity index (χ2v) is 6.00. The lowest BCUT2D eigenvalue weighted by Gasteiger charge is -2.34. The predicted octanol–water partition coefficient (Wildman–Crippen LogP) is 2.57. The minimum Gasteiger partial charge on any atom is -0.467 e. The van der Waals surface area contributed by atoms with Crippen LogP contribution in [0.25, 0.3) is 0 Å². The fourth-order valence-electron chi connectivity index (χ4n) is 2.14. The third-order valence-corrected chi connectivity index (χ3v) is 4.57. The van der Waals surface area contributed by atoms with Gasteiger partial charge in [-0.1, -0.05) is 6.92 Å². The lowest BCUT2D eigenvalue weighted by atomic mass is 10.3. The van der Waals surface area contributed by atoms with E-state index in [0.717, 1.165) is 36.6 Å². The van der Waals surface area contributed by atoms with E-state index in [9.17, 15) is 0 Å². The number of thioether (sulfide) groups is 1. The first-order valence-electron chi connectivity index (χ1n) is 7.00. The molecule has 0 amide bonds. The molecule has 1 fully saturated rings. The van der Waals surface area contributed by atoms with Crippen LogP contribution in [0.3, 0.4) is 0 Å². The molecular formula is C14H23N3OS. The third-order valence-electron chi connectivity index (χ3n) is 3.19. The molecule has 0 spiro atoms. The van der Waals surface area contributed by atoms with E-state index in [1.54, 1.807) is 6.26 Å². The Kier molecular flexibility index (Phi) is 5.63. The normalized spacial score (nSPS) is 20.6. The number of furan rings is 1. The van der Waals surface area contributed by atoms with Gasteiger partial charge >= 0.3 is 0 Å². The Morgan fingerprint density at radius 3 is 3.16 bits per heavy atom. The van der Waals surface area contributed by atoms with Crippen LogP contribution in [0.4, 0.5) is 0 Å². The molecule has 0 radical (unpaired) electrons. The van der Waals surface area contributed by atoms with Gasteiger partial charge in [-0.05, 0) is 25.5 Å². The van der Waals surface area contributed by atoms with E-state index in [4.69, 9.17) is 4.42 Å². The highest BCUT2D eigenvalue weighted by atomic mass is 32.2. The molecule has 4 nitrogen and oxygen atoms in total. The van der Waals surface area contributed by atoms with Crippen LogP contribution in [0.5, 0.6) is 0 Å². The summed E-state index contributed by atoms with van der Waals surface area (Å²) in [6.45, 7) is 8.04. The monoisotopic (exact) mass is 281 g/mol. The smallest absolute Gasteiger partial charge is 0.194 e. The van der Waals surface area contributed by atoms with E-state index in [0.29, 0.717) is 6.54 Å². The van der Waals surface area contributed by atoms with Crippen LogP contribution < -0.4 is 5.32 Å². The molecule has 0 aromatic carbocycles. The Bertz CT molecular complexity index is 391. The Balaban J connectivity index is 1.99. The van der Waals surface area contributed by atoms with Crippen molar-refractivity contribution >= 4 is 17.7 Å². The summed E-state index contributed by atoms with van der Waals surface area (Å²) in [4.78, 5) is 7.05. The van der Waals surface area contributed by atoms with Crippen LogP contribution in [0.2, 0.25) is 0 Å². The molecule has 106 valence electrons. The minimum absolute atomic E-state index is 0.607. The molecule has 0 bridgehead atoms. The first-order valence-corrected chi connectivity index (χ1v) is 8.05. The van der Waals surface area contributed by atoms with Crippen molar-refractivity contribution in [2.45, 2.75) is 32.1 Å². The van der Waals surface area contributed by atoms with Gasteiger partial charge in [0.1, 0.15) is 12.3 Å². The molecule has 1 atom stereocenters. The average molecular weight is 281 g/mol. The fraction of sp³-hybridized carbons (Fsp3) is 0.643. The van der Waals surface area contributed by atoms with E-state index in [2.05, 4.69) is 40.8 Å². The minimum atomic E-state index is 0.607. The van der Waals surface area contributed by atoms with E-state index < -0.39 is 0 Å². The Morgan fingerprint density at radius 1 is 1.58 bits per heavy atom. The van der Waals surface area contributed by atoms with Gasteiger partial charge in [0, 0.05) is 30.6 Å². The van der Waals surface area contributed by atoms with E-state index in [-0.39, 0.29) is 0 Å². The van der Waals surface area contributed by atoms with Gasteiger partial charge in [-0.15, -0.1) is 0 Å². The van der Waals surface area contributed by atoms with E-state index in [1.807, 2.05) is 12.1 Å². The molecule has 2 heterocycles. The first-order chi connectivity index (χ1) is 9.33. The first kappa shape index (κ1) is 14.3. The van der Waals surface area contributed by atoms with Gasteiger partial charge < -0.3 is 14.6 Å². The van der Waals surface area contributed by atoms with Gasteiger partial charge in [0.2, 0.25) is 0 Å². The summed E-state index contributed by atoms with van der Waals surface area (Å²) in [5.41, 5.74) is 0. The molecule has 1 N–H and O–H groups in total. The van der Waals surface area contributed by atoms with Crippen molar-refractivity contribution in [2.24, 2.45) is 4.99 Å². The summed E-state index contributed by atoms with van der Waals surface area (Å²) in [5.74, 6) is 3.11. The summed E-state index contributed by atoms with van der Waals surface area (Å²) in [6, 6.07) is 3.87. The number of nitrogens with one attached hydrogen (secondary N) is 1. The fourth-order valence-corrected chi connectivity index (χ4v) is 3.32. The molecule has 19 heavy (non-hydrogen) atoms. The topological polar surface area (TPSA) is 40.8 Å². The quantitative estimate of drug-likeness (QED) is 0.680. The molecule has 1 aliphatic rings. The largest absolute Gasteiger partial charge is 0.467 e. The SMILES string of the molecule is CCNC(=NCc1ccco1)N1CCSC(CC)C1. The van der Waals surface area contributed by atoms with Crippen LogP contribution in [0.1, 0.15) is 26.0 Å². The molecule has 5 heteroatoms. The van der Waals surface area contributed by atoms with Crippen molar-refractivity contribution in [3.8, 4) is 0 Å².